The van der Waals surface area contributed by atoms with Crippen molar-refractivity contribution in [3.63, 3.8) is 0 Å². The number of benzene rings is 2. The molecule has 0 aliphatic rings. The molecule has 5 nitrogen and oxygen atoms in total. The molecule has 3 rings (SSSR count). The highest BCUT2D eigenvalue weighted by atomic mass is 32.2. The van der Waals surface area contributed by atoms with E-state index in [2.05, 4.69) is 21.7 Å². The Morgan fingerprint density at radius 2 is 1.86 bits per heavy atom. The van der Waals surface area contributed by atoms with E-state index in [9.17, 15) is 4.79 Å². The molecule has 1 aromatic heterocycles. The first-order valence-electron chi connectivity index (χ1n) is 9.84. The average molecular weight is 410 g/mol. The lowest BCUT2D eigenvalue weighted by molar-refractivity contribution is 0.102. The van der Waals surface area contributed by atoms with Gasteiger partial charge in [0.1, 0.15) is 5.75 Å². The first-order chi connectivity index (χ1) is 14.0. The Kier molecular flexibility index (Phi) is 7.09. The lowest BCUT2D eigenvalue weighted by Crippen LogP contribution is -2.07. The average Bonchev–Trinajstić information content (AvgIpc) is 3.13. The van der Waals surface area contributed by atoms with Crippen molar-refractivity contribution in [1.82, 2.24) is 14.8 Å². The van der Waals surface area contributed by atoms with E-state index in [0.29, 0.717) is 5.75 Å². The molecule has 0 saturated heterocycles. The summed E-state index contributed by atoms with van der Waals surface area (Å²) in [5.41, 5.74) is 3.94. The number of ketones is 1. The summed E-state index contributed by atoms with van der Waals surface area (Å²) in [6.45, 7) is 7.00. The van der Waals surface area contributed by atoms with Crippen LogP contribution in [0, 0.1) is 13.8 Å². The Morgan fingerprint density at radius 1 is 1.10 bits per heavy atom. The zero-order chi connectivity index (χ0) is 20.8. The SMILES string of the molecule is CCCCn1c(SCC(=O)c2ccc(C)cc2C)nnc1-c1ccc(OC)cc1. The summed E-state index contributed by atoms with van der Waals surface area (Å²) >= 11 is 1.45. The Labute approximate surface area is 176 Å². The zero-order valence-corrected chi connectivity index (χ0v) is 18.3. The van der Waals surface area contributed by atoms with E-state index in [1.807, 2.05) is 56.3 Å². The van der Waals surface area contributed by atoms with Crippen molar-refractivity contribution < 1.29 is 9.53 Å². The molecule has 0 aliphatic carbocycles. The lowest BCUT2D eigenvalue weighted by Gasteiger charge is -2.10. The monoisotopic (exact) mass is 409 g/mol. The molecule has 0 N–H and O–H groups in total. The predicted octanol–water partition coefficient (Wildman–Crippen LogP) is 5.35. The summed E-state index contributed by atoms with van der Waals surface area (Å²) in [7, 11) is 1.65. The molecule has 0 aliphatic heterocycles. The molecule has 152 valence electrons. The van der Waals surface area contributed by atoms with E-state index in [4.69, 9.17) is 4.74 Å². The number of thioether (sulfide) groups is 1. The van der Waals surface area contributed by atoms with Gasteiger partial charge in [-0.2, -0.15) is 0 Å². The van der Waals surface area contributed by atoms with Gasteiger partial charge in [-0.1, -0.05) is 48.9 Å². The van der Waals surface area contributed by atoms with Crippen LogP contribution in [-0.2, 0) is 6.54 Å². The quantitative estimate of drug-likeness (QED) is 0.352. The fraction of sp³-hybridized carbons (Fsp3) is 0.348. The van der Waals surface area contributed by atoms with E-state index in [1.165, 1.54) is 11.8 Å². The molecule has 3 aromatic rings. The summed E-state index contributed by atoms with van der Waals surface area (Å²) in [5.74, 6) is 2.09. The minimum atomic E-state index is 0.114. The van der Waals surface area contributed by atoms with Gasteiger partial charge in [-0.25, -0.2) is 0 Å². The molecule has 6 heteroatoms. The molecule has 0 unspecified atom stereocenters. The number of methoxy groups -OCH3 is 1. The largest absolute Gasteiger partial charge is 0.497 e. The fourth-order valence-corrected chi connectivity index (χ4v) is 4.05. The third-order valence-electron chi connectivity index (χ3n) is 4.82. The normalized spacial score (nSPS) is 10.9. The number of aromatic nitrogens is 3. The van der Waals surface area contributed by atoms with Crippen molar-refractivity contribution in [2.75, 3.05) is 12.9 Å². The lowest BCUT2D eigenvalue weighted by atomic mass is 10.0. The second-order valence-corrected chi connectivity index (χ2v) is 8.01. The van der Waals surface area contributed by atoms with Gasteiger partial charge in [0.25, 0.3) is 0 Å². The summed E-state index contributed by atoms with van der Waals surface area (Å²) in [4.78, 5) is 12.7. The highest BCUT2D eigenvalue weighted by Gasteiger charge is 2.17. The van der Waals surface area contributed by atoms with Crippen molar-refractivity contribution in [2.45, 2.75) is 45.3 Å². The Morgan fingerprint density at radius 3 is 2.52 bits per heavy atom. The van der Waals surface area contributed by atoms with E-state index in [1.54, 1.807) is 7.11 Å². The van der Waals surface area contributed by atoms with Crippen molar-refractivity contribution in [3.8, 4) is 17.1 Å². The van der Waals surface area contributed by atoms with Crippen LogP contribution in [0.2, 0.25) is 0 Å². The third-order valence-corrected chi connectivity index (χ3v) is 5.78. The van der Waals surface area contributed by atoms with Crippen molar-refractivity contribution in [1.29, 1.82) is 0 Å². The topological polar surface area (TPSA) is 57.0 Å². The molecule has 0 fully saturated rings. The number of ether oxygens (including phenoxy) is 1. The van der Waals surface area contributed by atoms with Crippen LogP contribution in [0.15, 0.2) is 47.6 Å². The molecule has 0 saturated carbocycles. The standard InChI is InChI=1S/C23H27N3O2S/c1-5-6-13-26-22(18-8-10-19(28-4)11-9-18)24-25-23(26)29-15-21(27)20-12-7-16(2)14-17(20)3/h7-12,14H,5-6,13,15H2,1-4H3. The molecule has 29 heavy (non-hydrogen) atoms. The van der Waals surface area contributed by atoms with E-state index < -0.39 is 0 Å². The number of unbranched alkanes of at least 4 members (excludes halogenated alkanes) is 1. The molecule has 0 atom stereocenters. The van der Waals surface area contributed by atoms with Gasteiger partial charge in [0, 0.05) is 17.7 Å². The molecule has 2 aromatic carbocycles. The van der Waals surface area contributed by atoms with Gasteiger partial charge in [0.2, 0.25) is 0 Å². The van der Waals surface area contributed by atoms with Gasteiger partial charge in [-0.05, 0) is 50.1 Å². The van der Waals surface area contributed by atoms with Crippen LogP contribution in [0.4, 0.5) is 0 Å². The van der Waals surface area contributed by atoms with Crippen molar-refractivity contribution in [3.05, 3.63) is 59.2 Å². The first-order valence-corrected chi connectivity index (χ1v) is 10.8. The summed E-state index contributed by atoms with van der Waals surface area (Å²) in [6, 6.07) is 13.8. The maximum Gasteiger partial charge on any atom is 0.191 e. The predicted molar refractivity (Wildman–Crippen MR) is 118 cm³/mol. The Balaban J connectivity index is 1.81. The van der Waals surface area contributed by atoms with Crippen LogP contribution in [0.5, 0.6) is 5.75 Å². The van der Waals surface area contributed by atoms with Gasteiger partial charge in [0.05, 0.1) is 12.9 Å². The number of carbonyl (C=O) groups is 1. The molecular formula is C23H27N3O2S. The van der Waals surface area contributed by atoms with E-state index in [-0.39, 0.29) is 5.78 Å². The van der Waals surface area contributed by atoms with Gasteiger partial charge in [-0.3, -0.25) is 4.79 Å². The van der Waals surface area contributed by atoms with Crippen LogP contribution in [0.3, 0.4) is 0 Å². The molecular weight excluding hydrogens is 382 g/mol. The van der Waals surface area contributed by atoms with Crippen LogP contribution >= 0.6 is 11.8 Å². The zero-order valence-electron chi connectivity index (χ0n) is 17.4. The summed E-state index contributed by atoms with van der Waals surface area (Å²) in [6.07, 6.45) is 2.10. The van der Waals surface area contributed by atoms with Crippen LogP contribution in [-0.4, -0.2) is 33.4 Å². The van der Waals surface area contributed by atoms with Crippen LogP contribution in [0.1, 0.15) is 41.3 Å². The fourth-order valence-electron chi connectivity index (χ4n) is 3.20. The van der Waals surface area contributed by atoms with Crippen molar-refractivity contribution >= 4 is 17.5 Å². The number of Topliss-reactive ketones (excluding diaryl/α,β-unsaturated/α-hetero) is 1. The van der Waals surface area contributed by atoms with Crippen molar-refractivity contribution in [2.24, 2.45) is 0 Å². The molecule has 0 radical (unpaired) electrons. The number of hydrogen-bond acceptors (Lipinski definition) is 5. The van der Waals surface area contributed by atoms with Gasteiger partial charge >= 0.3 is 0 Å². The molecule has 0 spiro atoms. The van der Waals surface area contributed by atoms with Gasteiger partial charge < -0.3 is 9.30 Å². The van der Waals surface area contributed by atoms with E-state index >= 15 is 0 Å². The first kappa shape index (κ1) is 21.1. The summed E-state index contributed by atoms with van der Waals surface area (Å²) in [5, 5.41) is 9.58. The number of carbonyl (C=O) groups excluding carboxylic acids is 1. The van der Waals surface area contributed by atoms with Crippen LogP contribution in [0.25, 0.3) is 11.4 Å². The number of hydrogen-bond donors (Lipinski definition) is 0. The van der Waals surface area contributed by atoms with Gasteiger partial charge in [0.15, 0.2) is 16.8 Å². The Hall–Kier alpha value is -2.60. The maximum atomic E-state index is 12.7. The van der Waals surface area contributed by atoms with Gasteiger partial charge in [-0.15, -0.1) is 10.2 Å². The van der Waals surface area contributed by atoms with E-state index in [0.717, 1.165) is 58.4 Å². The number of nitrogens with zero attached hydrogens (tertiary/aromatic N) is 3. The number of rotatable bonds is 9. The Bertz CT molecular complexity index is 980. The maximum absolute atomic E-state index is 12.7. The third kappa shape index (κ3) is 5.07. The molecule has 1 heterocycles. The molecule has 0 amide bonds. The second-order valence-electron chi connectivity index (χ2n) is 7.07. The summed E-state index contributed by atoms with van der Waals surface area (Å²) < 4.78 is 7.36. The van der Waals surface area contributed by atoms with Crippen LogP contribution < -0.4 is 4.74 Å². The number of aryl methyl sites for hydroxylation is 2. The second kappa shape index (κ2) is 9.74. The highest BCUT2D eigenvalue weighted by molar-refractivity contribution is 7.99. The smallest absolute Gasteiger partial charge is 0.191 e. The minimum absolute atomic E-state index is 0.114. The molecule has 0 bridgehead atoms. The minimum Gasteiger partial charge on any atom is -0.497 e. The highest BCUT2D eigenvalue weighted by Crippen LogP contribution is 2.27.